The number of nitrogens with zero attached hydrogens (tertiary/aromatic N) is 2. The second kappa shape index (κ2) is 10.9. The van der Waals surface area contributed by atoms with Crippen molar-refractivity contribution in [2.75, 3.05) is 32.8 Å². The minimum Gasteiger partial charge on any atom is -0.465 e. The lowest BCUT2D eigenvalue weighted by atomic mass is 9.71. The zero-order valence-electron chi connectivity index (χ0n) is 19.0. The molecular weight excluding hydrogens is 428 g/mol. The highest BCUT2D eigenvalue weighted by atomic mass is 32.2. The second-order valence-electron chi connectivity index (χ2n) is 8.84. The van der Waals surface area contributed by atoms with E-state index < -0.39 is 22.6 Å². The molecule has 5 atom stereocenters. The lowest BCUT2D eigenvalue weighted by molar-refractivity contribution is -0.154. The van der Waals surface area contributed by atoms with Crippen LogP contribution in [0.2, 0.25) is 0 Å². The Bertz CT molecular complexity index is 744. The SMILES string of the molecule is C=CCCOC(=O)[C@@H]1[C@H]2C(=O)N(CCO)C(C(=O)N(CC=C)CCCCC)C23CC[C@H]1S3. The van der Waals surface area contributed by atoms with Gasteiger partial charge in [-0.3, -0.25) is 14.4 Å². The number of hydrogen-bond donors (Lipinski definition) is 1. The number of β-amino-alcohol motifs (C(OH)–C–C–N with tert-alkyl or cyclic N) is 1. The molecular formula is C24H36N2O5S. The Balaban J connectivity index is 1.90. The number of thioether (sulfide) groups is 1. The smallest absolute Gasteiger partial charge is 0.310 e. The van der Waals surface area contributed by atoms with Crippen LogP contribution in [0.4, 0.5) is 0 Å². The molecule has 8 heteroatoms. The van der Waals surface area contributed by atoms with Crippen LogP contribution >= 0.6 is 11.8 Å². The van der Waals surface area contributed by atoms with Gasteiger partial charge in [-0.1, -0.05) is 31.9 Å². The Kier molecular flexibility index (Phi) is 8.44. The Morgan fingerprint density at radius 1 is 1.34 bits per heavy atom. The van der Waals surface area contributed by atoms with Crippen LogP contribution < -0.4 is 0 Å². The summed E-state index contributed by atoms with van der Waals surface area (Å²) in [5, 5.41) is 9.65. The average Bonchev–Trinajstić information content (AvgIpc) is 3.41. The van der Waals surface area contributed by atoms with Gasteiger partial charge in [0.25, 0.3) is 0 Å². The van der Waals surface area contributed by atoms with Crippen molar-refractivity contribution in [2.45, 2.75) is 61.5 Å². The molecule has 7 nitrogen and oxygen atoms in total. The molecule has 0 aromatic rings. The van der Waals surface area contributed by atoms with E-state index in [1.807, 2.05) is 0 Å². The molecule has 2 amide bonds. The molecule has 1 spiro atoms. The van der Waals surface area contributed by atoms with Gasteiger partial charge in [-0.2, -0.15) is 0 Å². The number of likely N-dealkylation sites (tertiary alicyclic amines) is 1. The number of hydrogen-bond acceptors (Lipinski definition) is 6. The first-order chi connectivity index (χ1) is 15.5. The fourth-order valence-corrected chi connectivity index (χ4v) is 7.76. The molecule has 3 heterocycles. The van der Waals surface area contributed by atoms with E-state index in [1.54, 1.807) is 28.8 Å². The van der Waals surface area contributed by atoms with Crippen LogP contribution in [0.15, 0.2) is 25.3 Å². The van der Waals surface area contributed by atoms with Gasteiger partial charge in [-0.15, -0.1) is 24.9 Å². The molecule has 3 aliphatic rings. The van der Waals surface area contributed by atoms with Crippen LogP contribution in [-0.4, -0.2) is 81.6 Å². The number of aliphatic hydroxyl groups excluding tert-OH is 1. The third-order valence-electron chi connectivity index (χ3n) is 6.91. The highest BCUT2D eigenvalue weighted by Crippen LogP contribution is 2.66. The number of carbonyl (C=O) groups is 3. The standard InChI is InChI=1S/C24H36N2O5S/c1-4-7-9-13-25(12-6-3)22(29)20-24-11-10-17(32-24)18(23(30)31-16-8-5-2)19(24)21(28)26(20)14-15-27/h5-6,17-20,27H,2-4,7-16H2,1H3/t17-,18+,19+,20?,24?/m1/s1. The van der Waals surface area contributed by atoms with Crippen molar-refractivity contribution >= 4 is 29.5 Å². The van der Waals surface area contributed by atoms with Crippen molar-refractivity contribution in [3.63, 3.8) is 0 Å². The van der Waals surface area contributed by atoms with Crippen LogP contribution in [0, 0.1) is 11.8 Å². The first-order valence-electron chi connectivity index (χ1n) is 11.7. The molecule has 2 bridgehead atoms. The molecule has 1 N–H and O–H groups in total. The summed E-state index contributed by atoms with van der Waals surface area (Å²) in [5.74, 6) is -1.78. The summed E-state index contributed by atoms with van der Waals surface area (Å²) >= 11 is 1.62. The zero-order chi connectivity index (χ0) is 23.3. The highest BCUT2D eigenvalue weighted by molar-refractivity contribution is 8.02. The Labute approximate surface area is 195 Å². The summed E-state index contributed by atoms with van der Waals surface area (Å²) in [6.07, 6.45) is 8.42. The van der Waals surface area contributed by atoms with E-state index in [0.717, 1.165) is 25.7 Å². The molecule has 0 aromatic carbocycles. The van der Waals surface area contributed by atoms with Gasteiger partial charge in [0.15, 0.2) is 0 Å². The molecule has 0 saturated carbocycles. The topological polar surface area (TPSA) is 87.1 Å². The van der Waals surface area contributed by atoms with Gasteiger partial charge in [0.1, 0.15) is 6.04 Å². The van der Waals surface area contributed by atoms with Crippen LogP contribution in [0.1, 0.15) is 45.4 Å². The van der Waals surface area contributed by atoms with E-state index in [2.05, 4.69) is 20.1 Å². The summed E-state index contributed by atoms with van der Waals surface area (Å²) in [6.45, 7) is 10.7. The lowest BCUT2D eigenvalue weighted by Gasteiger charge is -2.37. The number of fused-ring (bicyclic) bond motifs is 1. The fourth-order valence-electron chi connectivity index (χ4n) is 5.56. The summed E-state index contributed by atoms with van der Waals surface area (Å²) in [5.41, 5.74) is 0. The van der Waals surface area contributed by atoms with Gasteiger partial charge in [-0.25, -0.2) is 0 Å². The minimum atomic E-state index is -0.672. The Morgan fingerprint density at radius 3 is 2.78 bits per heavy atom. The summed E-state index contributed by atoms with van der Waals surface area (Å²) in [6, 6.07) is -0.672. The van der Waals surface area contributed by atoms with Crippen molar-refractivity contribution in [3.05, 3.63) is 25.3 Å². The maximum Gasteiger partial charge on any atom is 0.310 e. The van der Waals surface area contributed by atoms with E-state index in [-0.39, 0.29) is 42.8 Å². The molecule has 3 saturated heterocycles. The maximum absolute atomic E-state index is 13.8. The van der Waals surface area contributed by atoms with Crippen molar-refractivity contribution in [2.24, 2.45) is 11.8 Å². The quantitative estimate of drug-likeness (QED) is 0.256. The zero-order valence-corrected chi connectivity index (χ0v) is 19.9. The summed E-state index contributed by atoms with van der Waals surface area (Å²) in [4.78, 5) is 43.6. The molecule has 0 radical (unpaired) electrons. The predicted octanol–water partition coefficient (Wildman–Crippen LogP) is 2.39. The fraction of sp³-hybridized carbons (Fsp3) is 0.708. The normalized spacial score (nSPS) is 30.3. The number of amides is 2. The van der Waals surface area contributed by atoms with E-state index >= 15 is 0 Å². The molecule has 32 heavy (non-hydrogen) atoms. The van der Waals surface area contributed by atoms with Crippen LogP contribution in [0.3, 0.4) is 0 Å². The molecule has 0 aromatic heterocycles. The molecule has 3 aliphatic heterocycles. The second-order valence-corrected chi connectivity index (χ2v) is 10.4. The number of carbonyl (C=O) groups excluding carboxylic acids is 3. The third-order valence-corrected chi connectivity index (χ3v) is 8.86. The largest absolute Gasteiger partial charge is 0.465 e. The van der Waals surface area contributed by atoms with Crippen LogP contribution in [0.25, 0.3) is 0 Å². The number of ether oxygens (including phenoxy) is 1. The van der Waals surface area contributed by atoms with Gasteiger partial charge in [0, 0.05) is 24.9 Å². The van der Waals surface area contributed by atoms with Crippen molar-refractivity contribution in [1.29, 1.82) is 0 Å². The summed E-state index contributed by atoms with van der Waals surface area (Å²) in [7, 11) is 0. The maximum atomic E-state index is 13.8. The van der Waals surface area contributed by atoms with Crippen LogP contribution in [-0.2, 0) is 19.1 Å². The van der Waals surface area contributed by atoms with Crippen molar-refractivity contribution in [1.82, 2.24) is 9.80 Å². The molecule has 3 rings (SSSR count). The molecule has 3 fully saturated rings. The average molecular weight is 465 g/mol. The third kappa shape index (κ3) is 4.36. The van der Waals surface area contributed by atoms with E-state index in [9.17, 15) is 19.5 Å². The Hall–Kier alpha value is -1.80. The van der Waals surface area contributed by atoms with Gasteiger partial charge < -0.3 is 19.6 Å². The van der Waals surface area contributed by atoms with Gasteiger partial charge in [-0.05, 0) is 25.7 Å². The number of unbranched alkanes of at least 4 members (excludes halogenated alkanes) is 2. The van der Waals surface area contributed by atoms with Gasteiger partial charge in [0.2, 0.25) is 11.8 Å². The monoisotopic (exact) mass is 464 g/mol. The van der Waals surface area contributed by atoms with E-state index in [1.165, 1.54) is 4.90 Å². The van der Waals surface area contributed by atoms with E-state index in [0.29, 0.717) is 25.9 Å². The minimum absolute atomic E-state index is 0.0142. The van der Waals surface area contributed by atoms with E-state index in [4.69, 9.17) is 4.74 Å². The first-order valence-corrected chi connectivity index (χ1v) is 12.6. The first kappa shape index (κ1) is 24.8. The molecule has 0 aliphatic carbocycles. The molecule has 178 valence electrons. The van der Waals surface area contributed by atoms with Crippen molar-refractivity contribution < 1.29 is 24.2 Å². The predicted molar refractivity (Wildman–Crippen MR) is 125 cm³/mol. The Morgan fingerprint density at radius 2 is 2.12 bits per heavy atom. The highest BCUT2D eigenvalue weighted by Gasteiger charge is 2.74. The summed E-state index contributed by atoms with van der Waals surface area (Å²) < 4.78 is 4.82. The number of rotatable bonds is 13. The number of aliphatic hydroxyl groups is 1. The van der Waals surface area contributed by atoms with Crippen LogP contribution in [0.5, 0.6) is 0 Å². The number of esters is 1. The lowest BCUT2D eigenvalue weighted by Crippen LogP contribution is -2.55. The van der Waals surface area contributed by atoms with Crippen molar-refractivity contribution in [3.8, 4) is 0 Å². The van der Waals surface area contributed by atoms with Gasteiger partial charge in [0.05, 0.1) is 29.8 Å². The van der Waals surface area contributed by atoms with Gasteiger partial charge >= 0.3 is 5.97 Å². The molecule has 2 unspecified atom stereocenters.